The molecule has 0 amide bonds. The van der Waals surface area contributed by atoms with Crippen LogP contribution in [0, 0.1) is 0 Å². The zero-order chi connectivity index (χ0) is 13.9. The van der Waals surface area contributed by atoms with Gasteiger partial charge in [-0.3, -0.25) is 4.99 Å². The molecule has 3 rings (SSSR count). The summed E-state index contributed by atoms with van der Waals surface area (Å²) in [6, 6.07) is 17.5. The van der Waals surface area contributed by atoms with Gasteiger partial charge in [0.25, 0.3) is 0 Å². The molecule has 102 valence electrons. The van der Waals surface area contributed by atoms with Crippen molar-refractivity contribution >= 4 is 6.34 Å². The van der Waals surface area contributed by atoms with Crippen LogP contribution < -0.4 is 0 Å². The van der Waals surface area contributed by atoms with Gasteiger partial charge >= 0.3 is 0 Å². The van der Waals surface area contributed by atoms with E-state index in [1.807, 2.05) is 25.3 Å². The van der Waals surface area contributed by atoms with E-state index in [1.165, 1.54) is 22.3 Å². The van der Waals surface area contributed by atoms with E-state index in [2.05, 4.69) is 48.5 Å². The molecule has 1 aliphatic carbocycles. The highest BCUT2D eigenvalue weighted by Gasteiger charge is 2.21. The van der Waals surface area contributed by atoms with Crippen molar-refractivity contribution in [2.45, 2.75) is 18.9 Å². The van der Waals surface area contributed by atoms with Crippen LogP contribution in [0.3, 0.4) is 0 Å². The highest BCUT2D eigenvalue weighted by Crippen LogP contribution is 2.34. The lowest BCUT2D eigenvalue weighted by Gasteiger charge is -2.17. The molecule has 20 heavy (non-hydrogen) atoms. The number of nitrogens with zero attached hydrogens (tertiary/aromatic N) is 2. The van der Waals surface area contributed by atoms with Gasteiger partial charge in [0.15, 0.2) is 0 Å². The van der Waals surface area contributed by atoms with Crippen LogP contribution in [0.4, 0.5) is 0 Å². The van der Waals surface area contributed by atoms with Crippen LogP contribution in [0.25, 0.3) is 0 Å². The van der Waals surface area contributed by atoms with Gasteiger partial charge in [0.2, 0.25) is 0 Å². The maximum atomic E-state index is 4.83. The van der Waals surface area contributed by atoms with Crippen LogP contribution >= 0.6 is 0 Å². The largest absolute Gasteiger partial charge is 0.369 e. The Bertz CT molecular complexity index is 581. The molecule has 0 atom stereocenters. The molecule has 0 aromatic heterocycles. The maximum absolute atomic E-state index is 4.83. The monoisotopic (exact) mass is 264 g/mol. The van der Waals surface area contributed by atoms with E-state index in [0.717, 1.165) is 12.8 Å². The van der Waals surface area contributed by atoms with Crippen molar-refractivity contribution < 1.29 is 0 Å². The minimum absolute atomic E-state index is 0.118. The average molecular weight is 264 g/mol. The lowest BCUT2D eigenvalue weighted by atomic mass is 9.95. The van der Waals surface area contributed by atoms with E-state index in [0.29, 0.717) is 0 Å². The van der Waals surface area contributed by atoms with Gasteiger partial charge in [-0.1, -0.05) is 48.5 Å². The van der Waals surface area contributed by atoms with E-state index in [1.54, 1.807) is 0 Å². The van der Waals surface area contributed by atoms with Crippen molar-refractivity contribution in [3.63, 3.8) is 0 Å². The Hall–Kier alpha value is -2.09. The number of rotatable bonds is 2. The van der Waals surface area contributed by atoms with Crippen molar-refractivity contribution in [3.05, 3.63) is 70.8 Å². The van der Waals surface area contributed by atoms with E-state index in [4.69, 9.17) is 4.99 Å². The first kappa shape index (κ1) is 12.9. The van der Waals surface area contributed by atoms with Gasteiger partial charge in [-0.15, -0.1) is 0 Å². The van der Waals surface area contributed by atoms with Crippen LogP contribution in [0.15, 0.2) is 53.5 Å². The summed E-state index contributed by atoms with van der Waals surface area (Å²) in [6.07, 6.45) is 4.12. The Kier molecular flexibility index (Phi) is 3.55. The summed E-state index contributed by atoms with van der Waals surface area (Å²) in [5.74, 6) is 0. The molecule has 2 heteroatoms. The molecule has 0 heterocycles. The van der Waals surface area contributed by atoms with Crippen molar-refractivity contribution in [3.8, 4) is 0 Å². The minimum atomic E-state index is 0.118. The molecule has 1 aliphatic rings. The fraction of sp³-hybridized carbons (Fsp3) is 0.278. The highest BCUT2D eigenvalue weighted by atomic mass is 15.1. The number of aliphatic imine (C=N–C) groups is 1. The topological polar surface area (TPSA) is 15.6 Å². The van der Waals surface area contributed by atoms with Crippen LogP contribution in [-0.2, 0) is 12.8 Å². The van der Waals surface area contributed by atoms with Gasteiger partial charge in [-0.25, -0.2) is 0 Å². The van der Waals surface area contributed by atoms with Gasteiger partial charge in [0, 0.05) is 14.1 Å². The zero-order valence-electron chi connectivity index (χ0n) is 12.1. The predicted octanol–water partition coefficient (Wildman–Crippen LogP) is 3.46. The molecular formula is C18H20N2. The molecule has 0 unspecified atom stereocenters. The quantitative estimate of drug-likeness (QED) is 0.599. The summed E-state index contributed by atoms with van der Waals surface area (Å²) in [4.78, 5) is 6.82. The van der Waals surface area contributed by atoms with E-state index < -0.39 is 0 Å². The third-order valence-corrected chi connectivity index (χ3v) is 3.81. The van der Waals surface area contributed by atoms with Crippen molar-refractivity contribution in [1.82, 2.24) is 4.90 Å². The molecule has 2 aromatic carbocycles. The number of fused-ring (bicyclic) bond motifs is 2. The summed E-state index contributed by atoms with van der Waals surface area (Å²) in [5, 5.41) is 0. The molecule has 0 bridgehead atoms. The van der Waals surface area contributed by atoms with Crippen molar-refractivity contribution in [2.24, 2.45) is 4.99 Å². The summed E-state index contributed by atoms with van der Waals surface area (Å²) >= 11 is 0. The molecule has 0 saturated heterocycles. The Morgan fingerprint density at radius 1 is 0.900 bits per heavy atom. The molecule has 0 saturated carbocycles. The number of hydrogen-bond acceptors (Lipinski definition) is 1. The van der Waals surface area contributed by atoms with Gasteiger partial charge in [0.1, 0.15) is 6.04 Å². The van der Waals surface area contributed by atoms with E-state index >= 15 is 0 Å². The second-order valence-corrected chi connectivity index (χ2v) is 5.53. The van der Waals surface area contributed by atoms with Crippen LogP contribution in [0.1, 0.15) is 28.3 Å². The van der Waals surface area contributed by atoms with Crippen molar-refractivity contribution in [2.75, 3.05) is 14.1 Å². The predicted molar refractivity (Wildman–Crippen MR) is 84.3 cm³/mol. The highest BCUT2D eigenvalue weighted by molar-refractivity contribution is 5.57. The summed E-state index contributed by atoms with van der Waals surface area (Å²) in [7, 11) is 4.02. The first-order valence-electron chi connectivity index (χ1n) is 7.11. The average Bonchev–Trinajstić information content (AvgIpc) is 2.62. The molecule has 0 radical (unpaired) electrons. The maximum Gasteiger partial charge on any atom is 0.102 e. The Morgan fingerprint density at radius 3 is 1.90 bits per heavy atom. The molecule has 2 nitrogen and oxygen atoms in total. The third kappa shape index (κ3) is 2.46. The fourth-order valence-corrected chi connectivity index (χ4v) is 2.85. The van der Waals surface area contributed by atoms with Crippen LogP contribution in [-0.4, -0.2) is 25.3 Å². The second-order valence-electron chi connectivity index (χ2n) is 5.53. The first-order chi connectivity index (χ1) is 9.75. The number of aryl methyl sites for hydroxylation is 2. The number of benzene rings is 2. The molecule has 2 aromatic rings. The van der Waals surface area contributed by atoms with Gasteiger partial charge in [-0.05, 0) is 35.1 Å². The first-order valence-corrected chi connectivity index (χ1v) is 7.11. The molecule has 0 spiro atoms. The lowest BCUT2D eigenvalue weighted by molar-refractivity contribution is 0.633. The standard InChI is InChI=1S/C18H20N2/c1-20(2)13-19-18-16-9-5-3-7-14(16)11-12-15-8-4-6-10-17(15)18/h3-10,13,18H,11-12H2,1-2H3. The zero-order valence-corrected chi connectivity index (χ0v) is 12.1. The summed E-state index contributed by atoms with van der Waals surface area (Å²) < 4.78 is 0. The molecule has 0 N–H and O–H groups in total. The normalized spacial score (nSPS) is 14.7. The van der Waals surface area contributed by atoms with Gasteiger partial charge < -0.3 is 4.90 Å². The SMILES string of the molecule is CN(C)C=NC1c2ccccc2CCc2ccccc21. The van der Waals surface area contributed by atoms with E-state index in [9.17, 15) is 0 Å². The Balaban J connectivity index is 2.14. The molecule has 0 fully saturated rings. The van der Waals surface area contributed by atoms with Crippen molar-refractivity contribution in [1.29, 1.82) is 0 Å². The second kappa shape index (κ2) is 5.49. The fourth-order valence-electron chi connectivity index (χ4n) is 2.85. The Morgan fingerprint density at radius 2 is 1.40 bits per heavy atom. The summed E-state index contributed by atoms with van der Waals surface area (Å²) in [6.45, 7) is 0. The van der Waals surface area contributed by atoms with Crippen LogP contribution in [0.5, 0.6) is 0 Å². The summed E-state index contributed by atoms with van der Waals surface area (Å²) in [5.41, 5.74) is 5.53. The van der Waals surface area contributed by atoms with Gasteiger partial charge in [-0.2, -0.15) is 0 Å². The third-order valence-electron chi connectivity index (χ3n) is 3.81. The molecule has 0 aliphatic heterocycles. The Labute approximate surface area is 120 Å². The smallest absolute Gasteiger partial charge is 0.102 e. The van der Waals surface area contributed by atoms with Crippen LogP contribution in [0.2, 0.25) is 0 Å². The minimum Gasteiger partial charge on any atom is -0.369 e. The van der Waals surface area contributed by atoms with E-state index in [-0.39, 0.29) is 6.04 Å². The lowest BCUT2D eigenvalue weighted by Crippen LogP contribution is -2.10. The van der Waals surface area contributed by atoms with Gasteiger partial charge in [0.05, 0.1) is 6.34 Å². The molecular weight excluding hydrogens is 244 g/mol. The number of hydrogen-bond donors (Lipinski definition) is 0.